The second-order valence-electron chi connectivity index (χ2n) is 5.26. The molecule has 0 saturated heterocycles. The van der Waals surface area contributed by atoms with Crippen molar-refractivity contribution in [2.75, 3.05) is 0 Å². The van der Waals surface area contributed by atoms with Gasteiger partial charge in [-0.25, -0.2) is 4.98 Å². The lowest BCUT2D eigenvalue weighted by Gasteiger charge is -2.14. The lowest BCUT2D eigenvalue weighted by Crippen LogP contribution is -2.00. The molecule has 2 heterocycles. The van der Waals surface area contributed by atoms with Gasteiger partial charge in [0.15, 0.2) is 0 Å². The number of ether oxygens (including phenoxy) is 2. The molecule has 0 unspecified atom stereocenters. The summed E-state index contributed by atoms with van der Waals surface area (Å²) in [5.41, 5.74) is 4.45. The molecule has 1 aliphatic heterocycles. The molecule has 1 aliphatic rings. The van der Waals surface area contributed by atoms with Gasteiger partial charge in [0.25, 0.3) is 0 Å². The summed E-state index contributed by atoms with van der Waals surface area (Å²) in [5, 5.41) is 8.78. The van der Waals surface area contributed by atoms with Gasteiger partial charge in [-0.1, -0.05) is 0 Å². The summed E-state index contributed by atoms with van der Waals surface area (Å²) in [4.78, 5) is 8.35. The van der Waals surface area contributed by atoms with Crippen molar-refractivity contribution in [2.24, 2.45) is 0 Å². The molecule has 0 fully saturated rings. The summed E-state index contributed by atoms with van der Waals surface area (Å²) < 4.78 is 11.4. The van der Waals surface area contributed by atoms with Crippen LogP contribution in [0.15, 0.2) is 18.2 Å². The van der Waals surface area contributed by atoms with Crippen molar-refractivity contribution in [2.45, 2.75) is 27.1 Å². The molecule has 116 valence electrons. The first kappa shape index (κ1) is 15.5. The molecule has 2 aromatic rings. The third-order valence-corrected chi connectivity index (χ3v) is 3.71. The molecule has 5 nitrogen and oxygen atoms in total. The fraction of sp³-hybridized carbons (Fsp3) is 0.235. The molecule has 1 aromatic heterocycles. The number of allylic oxidation sites excluding steroid dienone is 1. The van der Waals surface area contributed by atoms with Gasteiger partial charge in [-0.2, -0.15) is 10.2 Å². The van der Waals surface area contributed by atoms with Crippen LogP contribution in [0.3, 0.4) is 0 Å². The van der Waals surface area contributed by atoms with Crippen molar-refractivity contribution in [3.05, 3.63) is 51.4 Å². The van der Waals surface area contributed by atoms with Crippen molar-refractivity contribution in [1.29, 1.82) is 5.26 Å². The van der Waals surface area contributed by atoms with Crippen LogP contribution in [0.1, 0.15) is 27.9 Å². The molecular weight excluding hydrogens is 314 g/mol. The normalized spacial score (nSPS) is 13.1. The molecule has 0 bridgehead atoms. The zero-order valence-electron chi connectivity index (χ0n) is 12.8. The van der Waals surface area contributed by atoms with Gasteiger partial charge in [0.05, 0.1) is 30.5 Å². The molecule has 0 radical (unpaired) electrons. The van der Waals surface area contributed by atoms with Gasteiger partial charge < -0.3 is 9.47 Å². The molecule has 0 atom stereocenters. The van der Waals surface area contributed by atoms with Crippen molar-refractivity contribution in [3.63, 3.8) is 0 Å². The first-order chi connectivity index (χ1) is 11.1. The second-order valence-corrected chi connectivity index (χ2v) is 5.60. The maximum Gasteiger partial charge on any atom is 0.229 e. The van der Waals surface area contributed by atoms with E-state index in [0.717, 1.165) is 33.7 Å². The molecule has 23 heavy (non-hydrogen) atoms. The fourth-order valence-corrected chi connectivity index (χ4v) is 2.73. The number of halogens is 1. The van der Waals surface area contributed by atoms with Crippen LogP contribution in [0.5, 0.6) is 11.6 Å². The van der Waals surface area contributed by atoms with E-state index in [0.29, 0.717) is 19.1 Å². The van der Waals surface area contributed by atoms with Crippen LogP contribution in [0.25, 0.3) is 6.08 Å². The maximum absolute atomic E-state index is 8.63. The first-order valence-corrected chi connectivity index (χ1v) is 7.44. The average molecular weight is 328 g/mol. The van der Waals surface area contributed by atoms with E-state index in [-0.39, 0.29) is 5.28 Å². The quantitative estimate of drug-likeness (QED) is 0.627. The van der Waals surface area contributed by atoms with Gasteiger partial charge in [0.2, 0.25) is 11.2 Å². The number of fused-ring (bicyclic) bond motifs is 1. The smallest absolute Gasteiger partial charge is 0.229 e. The van der Waals surface area contributed by atoms with E-state index >= 15 is 0 Å². The minimum absolute atomic E-state index is 0.146. The summed E-state index contributed by atoms with van der Waals surface area (Å²) in [6.45, 7) is 4.74. The zero-order chi connectivity index (χ0) is 16.4. The van der Waals surface area contributed by atoms with E-state index in [1.165, 1.54) is 6.08 Å². The zero-order valence-corrected chi connectivity index (χ0v) is 13.5. The molecule has 0 saturated carbocycles. The highest BCUT2D eigenvalue weighted by Gasteiger charge is 2.22. The Morgan fingerprint density at radius 2 is 2.00 bits per heavy atom. The highest BCUT2D eigenvalue weighted by Crippen LogP contribution is 2.34. The largest absolute Gasteiger partial charge is 0.438 e. The number of hydrogen-bond donors (Lipinski definition) is 0. The van der Waals surface area contributed by atoms with E-state index in [9.17, 15) is 0 Å². The Hall–Kier alpha value is -2.42. The number of hydrogen-bond acceptors (Lipinski definition) is 5. The number of aryl methyl sites for hydroxylation is 2. The Morgan fingerprint density at radius 1 is 1.26 bits per heavy atom. The molecule has 0 N–H and O–H groups in total. The Labute approximate surface area is 139 Å². The summed E-state index contributed by atoms with van der Waals surface area (Å²) in [7, 11) is 0. The number of nitriles is 1. The molecule has 1 aromatic carbocycles. The van der Waals surface area contributed by atoms with Gasteiger partial charge in [-0.3, -0.25) is 0 Å². The number of rotatable bonds is 3. The summed E-state index contributed by atoms with van der Waals surface area (Å²) >= 11 is 5.96. The Balaban J connectivity index is 1.99. The lowest BCUT2D eigenvalue weighted by atomic mass is 10.1. The Morgan fingerprint density at radius 3 is 2.70 bits per heavy atom. The molecule has 0 aliphatic carbocycles. The van der Waals surface area contributed by atoms with Crippen LogP contribution in [-0.4, -0.2) is 9.97 Å². The fourth-order valence-electron chi connectivity index (χ4n) is 2.55. The predicted octanol–water partition coefficient (Wildman–Crippen LogP) is 4.11. The van der Waals surface area contributed by atoms with Crippen LogP contribution in [0, 0.1) is 25.2 Å². The van der Waals surface area contributed by atoms with Gasteiger partial charge in [-0.15, -0.1) is 0 Å². The third kappa shape index (κ3) is 3.19. The highest BCUT2D eigenvalue weighted by molar-refractivity contribution is 6.28. The van der Waals surface area contributed by atoms with Crippen LogP contribution >= 0.6 is 11.6 Å². The molecule has 0 spiro atoms. The minimum Gasteiger partial charge on any atom is -0.438 e. The second kappa shape index (κ2) is 6.37. The molecule has 3 rings (SSSR count). The topological polar surface area (TPSA) is 68.0 Å². The number of aromatic nitrogens is 2. The minimum atomic E-state index is 0.146. The molecule has 0 amide bonds. The number of benzene rings is 1. The van der Waals surface area contributed by atoms with Gasteiger partial charge in [0.1, 0.15) is 5.75 Å². The summed E-state index contributed by atoms with van der Waals surface area (Å²) in [6, 6.07) is 5.89. The maximum atomic E-state index is 8.63. The van der Waals surface area contributed by atoms with E-state index < -0.39 is 0 Å². The molecular formula is C17H14ClN3O2. The SMILES string of the molecule is Cc1cc(/C=C/C#N)cc(C)c1Oc1nc(Cl)nc2c1COC2. The van der Waals surface area contributed by atoms with Gasteiger partial charge >= 0.3 is 0 Å². The van der Waals surface area contributed by atoms with Crippen molar-refractivity contribution in [3.8, 4) is 17.7 Å². The average Bonchev–Trinajstić information content (AvgIpc) is 2.96. The van der Waals surface area contributed by atoms with Crippen molar-refractivity contribution >= 4 is 17.7 Å². The monoisotopic (exact) mass is 327 g/mol. The van der Waals surface area contributed by atoms with Crippen LogP contribution in [0.2, 0.25) is 5.28 Å². The highest BCUT2D eigenvalue weighted by atomic mass is 35.5. The Kier molecular flexibility index (Phi) is 4.28. The van der Waals surface area contributed by atoms with Crippen LogP contribution in [-0.2, 0) is 18.0 Å². The number of nitrogens with zero attached hydrogens (tertiary/aromatic N) is 3. The molecule has 6 heteroatoms. The Bertz CT molecular complexity index is 817. The standard InChI is InChI=1S/C17H14ClN3O2/c1-10-6-12(4-3-5-19)7-11(2)15(10)23-16-13-8-22-9-14(13)20-17(18)21-16/h3-4,6-7H,8-9H2,1-2H3/b4-3+. The van der Waals surface area contributed by atoms with E-state index in [4.69, 9.17) is 26.3 Å². The summed E-state index contributed by atoms with van der Waals surface area (Å²) in [6.07, 6.45) is 3.21. The van der Waals surface area contributed by atoms with Gasteiger partial charge in [0, 0.05) is 6.08 Å². The lowest BCUT2D eigenvalue weighted by molar-refractivity contribution is 0.132. The van der Waals surface area contributed by atoms with Crippen LogP contribution in [0.4, 0.5) is 0 Å². The van der Waals surface area contributed by atoms with Crippen molar-refractivity contribution < 1.29 is 9.47 Å². The summed E-state index contributed by atoms with van der Waals surface area (Å²) in [5.74, 6) is 1.16. The van der Waals surface area contributed by atoms with Crippen LogP contribution < -0.4 is 4.74 Å². The third-order valence-electron chi connectivity index (χ3n) is 3.54. The predicted molar refractivity (Wildman–Crippen MR) is 86.2 cm³/mol. The van der Waals surface area contributed by atoms with E-state index in [2.05, 4.69) is 9.97 Å². The first-order valence-electron chi connectivity index (χ1n) is 7.07. The van der Waals surface area contributed by atoms with E-state index in [1.807, 2.05) is 32.0 Å². The van der Waals surface area contributed by atoms with Crippen molar-refractivity contribution in [1.82, 2.24) is 9.97 Å². The van der Waals surface area contributed by atoms with E-state index in [1.54, 1.807) is 6.08 Å². The van der Waals surface area contributed by atoms with Gasteiger partial charge in [-0.05, 0) is 60.3 Å².